The van der Waals surface area contributed by atoms with Gasteiger partial charge in [0.15, 0.2) is 0 Å². The fourth-order valence-corrected chi connectivity index (χ4v) is 6.48. The Balaban J connectivity index is 1.26. The van der Waals surface area contributed by atoms with Crippen LogP contribution in [0.15, 0.2) is 24.4 Å². The normalized spacial score (nSPS) is 30.7. The van der Waals surface area contributed by atoms with E-state index in [1.807, 2.05) is 33.7 Å². The van der Waals surface area contributed by atoms with Crippen LogP contribution in [0.4, 0.5) is 0 Å². The van der Waals surface area contributed by atoms with E-state index < -0.39 is 0 Å². The summed E-state index contributed by atoms with van der Waals surface area (Å²) in [5.74, 6) is 2.16. The predicted molar refractivity (Wildman–Crippen MR) is 128 cm³/mol. The van der Waals surface area contributed by atoms with Crippen LogP contribution in [0.1, 0.15) is 63.1 Å². The smallest absolute Gasteiger partial charge is 0.268 e. The van der Waals surface area contributed by atoms with Gasteiger partial charge in [0, 0.05) is 37.9 Å². The molecule has 0 radical (unpaired) electrons. The molecule has 2 aromatic rings. The summed E-state index contributed by atoms with van der Waals surface area (Å²) < 4.78 is 1.83. The van der Waals surface area contributed by atoms with Gasteiger partial charge in [0.25, 0.3) is 5.91 Å². The Bertz CT molecular complexity index is 1060. The fraction of sp³-hybridized carbons (Fsp3) is 0.654. The standard InChI is InChI=1S/C26H37N5O2/c1-16-14-30(17(2)12-27-16)24(32)11-20-15-31-22(6-5-7-23(31)29-20)25(33)28-13-18-8-9-19-10-21(18)26(19,3)4/h5-7,15-19,21,27H,8-14H2,1-4H3,(H,28,33)/t16-,17+,18-,19+,21+/m0/s1. The summed E-state index contributed by atoms with van der Waals surface area (Å²) in [5, 5.41) is 6.61. The van der Waals surface area contributed by atoms with Crippen molar-refractivity contribution in [2.75, 3.05) is 19.6 Å². The number of hydrogen-bond acceptors (Lipinski definition) is 4. The van der Waals surface area contributed by atoms with Crippen LogP contribution < -0.4 is 10.6 Å². The lowest BCUT2D eigenvalue weighted by atomic mass is 9.45. The summed E-state index contributed by atoms with van der Waals surface area (Å²) in [6.45, 7) is 11.2. The molecule has 2 N–H and O–H groups in total. The van der Waals surface area contributed by atoms with Gasteiger partial charge >= 0.3 is 0 Å². The monoisotopic (exact) mass is 451 g/mol. The largest absolute Gasteiger partial charge is 0.350 e. The zero-order valence-corrected chi connectivity index (χ0v) is 20.3. The van der Waals surface area contributed by atoms with Crippen molar-refractivity contribution in [2.24, 2.45) is 23.2 Å². The lowest BCUT2D eigenvalue weighted by Gasteiger charge is -2.60. The van der Waals surface area contributed by atoms with Crippen molar-refractivity contribution in [3.63, 3.8) is 0 Å². The minimum atomic E-state index is -0.0697. The van der Waals surface area contributed by atoms with Crippen molar-refractivity contribution >= 4 is 17.5 Å². The van der Waals surface area contributed by atoms with E-state index in [-0.39, 0.29) is 24.3 Å². The summed E-state index contributed by atoms with van der Waals surface area (Å²) in [4.78, 5) is 32.6. The zero-order valence-electron chi connectivity index (χ0n) is 20.3. The van der Waals surface area contributed by atoms with Gasteiger partial charge in [-0.3, -0.25) is 14.0 Å². The Kier molecular flexibility index (Phi) is 5.71. The number of carbonyl (C=O) groups excluding carboxylic acids is 2. The van der Waals surface area contributed by atoms with Crippen molar-refractivity contribution in [1.29, 1.82) is 0 Å². The molecule has 3 saturated carbocycles. The average molecular weight is 452 g/mol. The Hall–Kier alpha value is -2.41. The van der Waals surface area contributed by atoms with E-state index in [0.717, 1.165) is 19.0 Å². The first-order valence-corrected chi connectivity index (χ1v) is 12.5. The van der Waals surface area contributed by atoms with Crippen LogP contribution >= 0.6 is 0 Å². The predicted octanol–water partition coefficient (Wildman–Crippen LogP) is 2.89. The Morgan fingerprint density at radius 2 is 2.06 bits per heavy atom. The van der Waals surface area contributed by atoms with E-state index in [1.54, 1.807) is 0 Å². The number of nitrogens with one attached hydrogen (secondary N) is 2. The molecule has 5 atom stereocenters. The molecule has 4 fully saturated rings. The van der Waals surface area contributed by atoms with Crippen molar-refractivity contribution in [3.05, 3.63) is 35.8 Å². The van der Waals surface area contributed by atoms with Gasteiger partial charge in [-0.2, -0.15) is 0 Å². The summed E-state index contributed by atoms with van der Waals surface area (Å²) >= 11 is 0. The van der Waals surface area contributed by atoms with Crippen molar-refractivity contribution in [2.45, 2.75) is 65.5 Å². The highest BCUT2D eigenvalue weighted by Gasteiger charge is 2.53. The maximum atomic E-state index is 13.1. The van der Waals surface area contributed by atoms with Crippen LogP contribution in [0.3, 0.4) is 0 Å². The second-order valence-corrected chi connectivity index (χ2v) is 11.2. The van der Waals surface area contributed by atoms with Crippen LogP contribution in [-0.2, 0) is 11.2 Å². The topological polar surface area (TPSA) is 78.7 Å². The van der Waals surface area contributed by atoms with Gasteiger partial charge in [0.05, 0.1) is 12.1 Å². The van der Waals surface area contributed by atoms with Crippen molar-refractivity contribution in [1.82, 2.24) is 24.9 Å². The third kappa shape index (κ3) is 4.05. The number of piperazine rings is 1. The van der Waals surface area contributed by atoms with Crippen LogP contribution in [-0.4, -0.2) is 57.8 Å². The minimum absolute atomic E-state index is 0.0697. The number of amides is 2. The highest BCUT2D eigenvalue weighted by molar-refractivity contribution is 5.93. The molecule has 2 aromatic heterocycles. The Labute approximate surface area is 196 Å². The summed E-state index contributed by atoms with van der Waals surface area (Å²) in [5.41, 5.74) is 2.39. The first-order valence-electron chi connectivity index (χ1n) is 12.5. The second kappa shape index (κ2) is 8.42. The van der Waals surface area contributed by atoms with E-state index in [4.69, 9.17) is 0 Å². The second-order valence-electron chi connectivity index (χ2n) is 11.2. The molecular weight excluding hydrogens is 414 g/mol. The van der Waals surface area contributed by atoms with Gasteiger partial charge in [-0.25, -0.2) is 4.98 Å². The van der Waals surface area contributed by atoms with Gasteiger partial charge in [-0.1, -0.05) is 19.9 Å². The molecule has 7 nitrogen and oxygen atoms in total. The third-order valence-corrected chi connectivity index (χ3v) is 8.72. The Morgan fingerprint density at radius 1 is 1.24 bits per heavy atom. The van der Waals surface area contributed by atoms with E-state index in [1.165, 1.54) is 19.3 Å². The van der Waals surface area contributed by atoms with Crippen LogP contribution in [0.2, 0.25) is 0 Å². The minimum Gasteiger partial charge on any atom is -0.350 e. The summed E-state index contributed by atoms with van der Waals surface area (Å²) in [6.07, 6.45) is 5.90. The molecular formula is C26H37N5O2. The quantitative estimate of drug-likeness (QED) is 0.733. The van der Waals surface area contributed by atoms with Crippen molar-refractivity contribution in [3.8, 4) is 0 Å². The fourth-order valence-electron chi connectivity index (χ4n) is 6.48. The van der Waals surface area contributed by atoms with Gasteiger partial charge in [0.1, 0.15) is 11.3 Å². The van der Waals surface area contributed by atoms with E-state index in [9.17, 15) is 9.59 Å². The molecule has 2 bridgehead atoms. The van der Waals surface area contributed by atoms with Crippen molar-refractivity contribution < 1.29 is 9.59 Å². The first kappa shape index (κ1) is 22.4. The molecule has 3 heterocycles. The molecule has 1 aliphatic heterocycles. The Morgan fingerprint density at radius 3 is 2.82 bits per heavy atom. The molecule has 178 valence electrons. The number of imidazole rings is 1. The van der Waals surface area contributed by atoms with E-state index >= 15 is 0 Å². The van der Waals surface area contributed by atoms with Crippen LogP contribution in [0.5, 0.6) is 0 Å². The average Bonchev–Trinajstić information content (AvgIpc) is 3.21. The maximum absolute atomic E-state index is 13.1. The third-order valence-electron chi connectivity index (χ3n) is 8.72. The van der Waals surface area contributed by atoms with Crippen LogP contribution in [0.25, 0.3) is 5.65 Å². The first-order chi connectivity index (χ1) is 15.7. The molecule has 1 saturated heterocycles. The molecule has 33 heavy (non-hydrogen) atoms. The maximum Gasteiger partial charge on any atom is 0.268 e. The number of nitrogens with zero attached hydrogens (tertiary/aromatic N) is 3. The SMILES string of the molecule is C[C@@H]1CN[C@@H](C)CN1C(=O)Cc1cn2c(C(=O)NC[C@@H]3CC[C@@H]4C[C@H]3C4(C)C)cccc2n1. The molecule has 2 amide bonds. The molecule has 7 heteroatoms. The number of pyridine rings is 1. The summed E-state index contributed by atoms with van der Waals surface area (Å²) in [6, 6.07) is 6.05. The van der Waals surface area contributed by atoms with Gasteiger partial charge in [0.2, 0.25) is 5.91 Å². The molecule has 0 aromatic carbocycles. The number of rotatable bonds is 5. The lowest BCUT2D eigenvalue weighted by Crippen LogP contribution is -2.56. The van der Waals surface area contributed by atoms with Gasteiger partial charge < -0.3 is 15.5 Å². The molecule has 3 aliphatic carbocycles. The zero-order chi connectivity index (χ0) is 23.3. The molecule has 4 aliphatic rings. The molecule has 0 spiro atoms. The highest BCUT2D eigenvalue weighted by atomic mass is 16.2. The van der Waals surface area contributed by atoms with E-state index in [0.29, 0.717) is 46.9 Å². The number of aromatic nitrogens is 2. The lowest BCUT2D eigenvalue weighted by molar-refractivity contribution is -0.133. The summed E-state index contributed by atoms with van der Waals surface area (Å²) in [7, 11) is 0. The number of hydrogen-bond donors (Lipinski definition) is 2. The van der Waals surface area contributed by atoms with Gasteiger partial charge in [-0.05, 0) is 68.4 Å². The van der Waals surface area contributed by atoms with Gasteiger partial charge in [-0.15, -0.1) is 0 Å². The number of carbonyl (C=O) groups is 2. The molecule has 0 unspecified atom stereocenters. The highest BCUT2D eigenvalue weighted by Crippen LogP contribution is 2.61. The molecule has 6 rings (SSSR count). The van der Waals surface area contributed by atoms with E-state index in [2.05, 4.69) is 43.3 Å². The van der Waals surface area contributed by atoms with Crippen LogP contribution in [0, 0.1) is 23.2 Å². The number of fused-ring (bicyclic) bond motifs is 3.